The van der Waals surface area contributed by atoms with Crippen LogP contribution in [0.4, 0.5) is 13.2 Å². The Morgan fingerprint density at radius 1 is 0.923 bits per heavy atom. The number of carbonyl (C=O) groups is 1. The van der Waals surface area contributed by atoms with E-state index in [2.05, 4.69) is 6.58 Å². The smallest absolute Gasteiger partial charge is 0.346 e. The van der Waals surface area contributed by atoms with E-state index in [0.29, 0.717) is 23.6 Å². The lowest BCUT2D eigenvalue weighted by molar-refractivity contribution is 0.0730. The molecule has 3 aromatic rings. The molecule has 0 aliphatic heterocycles. The van der Waals surface area contributed by atoms with Gasteiger partial charge in [0.2, 0.25) is 0 Å². The number of hydrogen-bond acceptors (Lipinski definition) is 2. The number of carbonyl (C=O) groups excluding carboxylic acids is 1. The van der Waals surface area contributed by atoms with Gasteiger partial charge >= 0.3 is 5.97 Å². The largest absolute Gasteiger partial charge is 0.423 e. The van der Waals surface area contributed by atoms with Gasteiger partial charge in [0.25, 0.3) is 0 Å². The molecular formula is C21H15F3O2. The Labute approximate surface area is 148 Å². The molecule has 0 radical (unpaired) electrons. The van der Waals surface area contributed by atoms with Crippen LogP contribution in [-0.2, 0) is 6.42 Å². The molecule has 0 aromatic heterocycles. The van der Waals surface area contributed by atoms with E-state index in [9.17, 15) is 18.0 Å². The third-order valence-corrected chi connectivity index (χ3v) is 3.95. The van der Waals surface area contributed by atoms with Crippen molar-refractivity contribution in [3.05, 3.63) is 89.8 Å². The number of allylic oxidation sites excluding steroid dienone is 1. The lowest BCUT2D eigenvalue weighted by atomic mass is 10.1. The Balaban J connectivity index is 1.82. The summed E-state index contributed by atoms with van der Waals surface area (Å²) in [5.41, 5.74) is 0.555. The van der Waals surface area contributed by atoms with Crippen molar-refractivity contribution in [3.8, 4) is 5.75 Å². The van der Waals surface area contributed by atoms with E-state index in [1.54, 1.807) is 12.1 Å². The van der Waals surface area contributed by atoms with Crippen LogP contribution in [0.1, 0.15) is 22.3 Å². The number of halogens is 3. The Morgan fingerprint density at radius 3 is 2.35 bits per heavy atom. The number of fused-ring (bicyclic) bond motifs is 1. The van der Waals surface area contributed by atoms with E-state index < -0.39 is 23.4 Å². The maximum atomic E-state index is 14.2. The highest BCUT2D eigenvalue weighted by molar-refractivity contribution is 5.92. The number of aryl methyl sites for hydroxylation is 1. The molecule has 2 nitrogen and oxygen atoms in total. The molecule has 0 saturated heterocycles. The maximum Gasteiger partial charge on any atom is 0.346 e. The van der Waals surface area contributed by atoms with Gasteiger partial charge in [0.05, 0.1) is 5.56 Å². The molecule has 0 atom stereocenters. The third kappa shape index (κ3) is 3.77. The number of esters is 1. The van der Waals surface area contributed by atoms with Crippen molar-refractivity contribution in [2.24, 2.45) is 0 Å². The van der Waals surface area contributed by atoms with Crippen LogP contribution in [0.2, 0.25) is 0 Å². The van der Waals surface area contributed by atoms with Gasteiger partial charge in [-0.05, 0) is 65.6 Å². The van der Waals surface area contributed by atoms with Crippen LogP contribution in [0.5, 0.6) is 5.75 Å². The quantitative estimate of drug-likeness (QED) is 0.338. The zero-order valence-electron chi connectivity index (χ0n) is 13.8. The van der Waals surface area contributed by atoms with Gasteiger partial charge in [-0.3, -0.25) is 0 Å². The summed E-state index contributed by atoms with van der Waals surface area (Å²) in [6.45, 7) is 3.61. The number of rotatable bonds is 5. The summed E-state index contributed by atoms with van der Waals surface area (Å²) in [4.78, 5) is 12.2. The Bertz CT molecular complexity index is 996. The standard InChI is InChI=1S/C21H15F3O2/c1-2-3-4-13-5-8-17(18(22)9-13)21(25)26-16-7-6-14-11-19(23)20(24)12-15(14)10-16/h2,5-12H,1,3-4H2. The summed E-state index contributed by atoms with van der Waals surface area (Å²) in [5.74, 6) is -3.38. The fraction of sp³-hybridized carbons (Fsp3) is 0.0952. The van der Waals surface area contributed by atoms with Crippen LogP contribution < -0.4 is 4.74 Å². The lowest BCUT2D eigenvalue weighted by Gasteiger charge is -2.08. The molecule has 0 spiro atoms. The van der Waals surface area contributed by atoms with Crippen molar-refractivity contribution >= 4 is 16.7 Å². The first-order valence-corrected chi connectivity index (χ1v) is 7.98. The molecular weight excluding hydrogens is 341 g/mol. The summed E-state index contributed by atoms with van der Waals surface area (Å²) in [5, 5.41) is 0.830. The highest BCUT2D eigenvalue weighted by Gasteiger charge is 2.15. The summed E-state index contributed by atoms with van der Waals surface area (Å²) < 4.78 is 45.9. The molecule has 0 aliphatic rings. The first-order valence-electron chi connectivity index (χ1n) is 7.98. The number of benzene rings is 3. The Morgan fingerprint density at radius 2 is 1.65 bits per heavy atom. The van der Waals surface area contributed by atoms with Crippen LogP contribution in [0, 0.1) is 17.5 Å². The van der Waals surface area contributed by atoms with Gasteiger partial charge in [-0.25, -0.2) is 18.0 Å². The van der Waals surface area contributed by atoms with Crippen LogP contribution in [0.3, 0.4) is 0 Å². The van der Waals surface area contributed by atoms with Crippen molar-refractivity contribution in [3.63, 3.8) is 0 Å². The third-order valence-electron chi connectivity index (χ3n) is 3.95. The highest BCUT2D eigenvalue weighted by atomic mass is 19.2. The predicted molar refractivity (Wildman–Crippen MR) is 93.7 cm³/mol. The number of hydrogen-bond donors (Lipinski definition) is 0. The molecule has 132 valence electrons. The van der Waals surface area contributed by atoms with E-state index >= 15 is 0 Å². The zero-order chi connectivity index (χ0) is 18.7. The molecule has 5 heteroatoms. The average Bonchev–Trinajstić information content (AvgIpc) is 2.61. The lowest BCUT2D eigenvalue weighted by Crippen LogP contribution is -2.11. The van der Waals surface area contributed by atoms with Gasteiger partial charge in [-0.15, -0.1) is 6.58 Å². The SMILES string of the molecule is C=CCCc1ccc(C(=O)Oc2ccc3cc(F)c(F)cc3c2)c(F)c1. The van der Waals surface area contributed by atoms with Crippen molar-refractivity contribution in [2.75, 3.05) is 0 Å². The predicted octanol–water partition coefficient (Wildman–Crippen LogP) is 5.59. The van der Waals surface area contributed by atoms with Crippen molar-refractivity contribution in [1.29, 1.82) is 0 Å². The summed E-state index contributed by atoms with van der Waals surface area (Å²) in [7, 11) is 0. The minimum atomic E-state index is -0.998. The van der Waals surface area contributed by atoms with Gasteiger partial charge in [0.1, 0.15) is 11.6 Å². The molecule has 0 unspecified atom stereocenters. The second-order valence-electron chi connectivity index (χ2n) is 5.81. The Hall–Kier alpha value is -3.08. The van der Waals surface area contributed by atoms with E-state index in [0.717, 1.165) is 17.7 Å². The molecule has 3 aromatic carbocycles. The molecule has 0 aliphatic carbocycles. The first kappa shape index (κ1) is 17.7. The van der Waals surface area contributed by atoms with Gasteiger partial charge in [0.15, 0.2) is 11.6 Å². The van der Waals surface area contributed by atoms with Crippen molar-refractivity contribution < 1.29 is 22.7 Å². The van der Waals surface area contributed by atoms with Crippen molar-refractivity contribution in [2.45, 2.75) is 12.8 Å². The first-order chi connectivity index (χ1) is 12.5. The maximum absolute atomic E-state index is 14.2. The average molecular weight is 356 g/mol. The van der Waals surface area contributed by atoms with Gasteiger partial charge in [-0.2, -0.15) is 0 Å². The molecule has 0 N–H and O–H groups in total. The topological polar surface area (TPSA) is 26.3 Å². The summed E-state index contributed by atoms with van der Waals surface area (Å²) in [6.07, 6.45) is 3.06. The normalized spacial score (nSPS) is 10.7. The minimum absolute atomic E-state index is 0.114. The summed E-state index contributed by atoms with van der Waals surface area (Å²) in [6, 6.07) is 10.7. The van der Waals surface area contributed by atoms with Crippen LogP contribution in [0.15, 0.2) is 61.2 Å². The molecule has 0 fully saturated rings. The second-order valence-corrected chi connectivity index (χ2v) is 5.81. The van der Waals surface area contributed by atoms with E-state index in [4.69, 9.17) is 4.74 Å². The summed E-state index contributed by atoms with van der Waals surface area (Å²) >= 11 is 0. The second kappa shape index (κ2) is 7.44. The molecule has 0 heterocycles. The molecule has 3 rings (SSSR count). The van der Waals surface area contributed by atoms with Crippen LogP contribution in [-0.4, -0.2) is 5.97 Å². The molecule has 0 amide bonds. The zero-order valence-corrected chi connectivity index (χ0v) is 13.8. The van der Waals surface area contributed by atoms with Crippen molar-refractivity contribution in [1.82, 2.24) is 0 Å². The van der Waals surface area contributed by atoms with Crippen LogP contribution in [0.25, 0.3) is 10.8 Å². The van der Waals surface area contributed by atoms with E-state index in [1.165, 1.54) is 30.3 Å². The molecule has 0 saturated carbocycles. The van der Waals surface area contributed by atoms with Gasteiger partial charge in [0, 0.05) is 0 Å². The molecule has 0 bridgehead atoms. The minimum Gasteiger partial charge on any atom is -0.423 e. The highest BCUT2D eigenvalue weighted by Crippen LogP contribution is 2.24. The fourth-order valence-electron chi connectivity index (χ4n) is 2.59. The Kier molecular flexibility index (Phi) is 5.07. The van der Waals surface area contributed by atoms with Gasteiger partial charge < -0.3 is 4.74 Å². The fourth-order valence-corrected chi connectivity index (χ4v) is 2.59. The number of ether oxygens (including phenoxy) is 1. The van der Waals surface area contributed by atoms with E-state index in [1.807, 2.05) is 0 Å². The molecule has 26 heavy (non-hydrogen) atoms. The monoisotopic (exact) mass is 356 g/mol. The van der Waals surface area contributed by atoms with Crippen LogP contribution >= 0.6 is 0 Å². The van der Waals surface area contributed by atoms with E-state index in [-0.39, 0.29) is 11.3 Å². The van der Waals surface area contributed by atoms with Gasteiger partial charge in [-0.1, -0.05) is 18.2 Å².